The van der Waals surface area contributed by atoms with Gasteiger partial charge in [-0.2, -0.15) is 0 Å². The topological polar surface area (TPSA) is 70.1 Å². The lowest BCUT2D eigenvalue weighted by Crippen LogP contribution is -2.46. The molecule has 1 amide bonds. The number of hydrogen-bond acceptors (Lipinski definition) is 4. The molecule has 6 rings (SSSR count). The average molecular weight is 519 g/mol. The van der Waals surface area contributed by atoms with E-state index in [0.29, 0.717) is 36.6 Å². The minimum atomic E-state index is -1.01. The van der Waals surface area contributed by atoms with E-state index in [1.807, 2.05) is 6.07 Å². The third-order valence-electron chi connectivity index (χ3n) is 7.93. The molecule has 0 unspecified atom stereocenters. The second kappa shape index (κ2) is 9.51. The highest BCUT2D eigenvalue weighted by molar-refractivity contribution is 5.92. The van der Waals surface area contributed by atoms with Crippen LogP contribution in [0.3, 0.4) is 0 Å². The van der Waals surface area contributed by atoms with Crippen molar-refractivity contribution in [1.29, 1.82) is 0 Å². The van der Waals surface area contributed by atoms with Crippen molar-refractivity contribution in [3.63, 3.8) is 0 Å². The first-order chi connectivity index (χ1) is 18.3. The van der Waals surface area contributed by atoms with Gasteiger partial charge in [0.05, 0.1) is 12.1 Å². The van der Waals surface area contributed by atoms with Crippen LogP contribution in [0.5, 0.6) is 0 Å². The molecule has 3 aliphatic rings. The number of nitrogens with zero attached hydrogens (tertiary/aromatic N) is 2. The first-order valence-electron chi connectivity index (χ1n) is 12.9. The Kier molecular flexibility index (Phi) is 6.14. The van der Waals surface area contributed by atoms with Crippen molar-refractivity contribution in [3.05, 3.63) is 89.0 Å². The average Bonchev–Trinajstić information content (AvgIpc) is 3.71. The van der Waals surface area contributed by atoms with Crippen molar-refractivity contribution < 1.29 is 28.2 Å². The van der Waals surface area contributed by atoms with E-state index in [1.54, 1.807) is 23.1 Å². The first kappa shape index (κ1) is 24.6. The smallest absolute Gasteiger partial charge is 0.415 e. The Morgan fingerprint density at radius 3 is 2.37 bits per heavy atom. The highest BCUT2D eigenvalue weighted by atomic mass is 19.2. The predicted molar refractivity (Wildman–Crippen MR) is 138 cm³/mol. The molecule has 0 atom stereocenters. The third kappa shape index (κ3) is 4.76. The molecular formula is C30H28F2N2O4. The summed E-state index contributed by atoms with van der Waals surface area (Å²) in [6, 6.07) is 16.6. The van der Waals surface area contributed by atoms with E-state index < -0.39 is 29.3 Å². The zero-order valence-corrected chi connectivity index (χ0v) is 20.8. The Morgan fingerprint density at radius 2 is 1.71 bits per heavy atom. The number of carbonyl (C=O) groups excluding carboxylic acids is 1. The number of piperidine rings is 1. The molecule has 3 aromatic carbocycles. The molecule has 2 aliphatic heterocycles. The number of benzene rings is 3. The van der Waals surface area contributed by atoms with Crippen molar-refractivity contribution >= 4 is 17.7 Å². The monoisotopic (exact) mass is 518 g/mol. The Labute approximate surface area is 219 Å². The largest absolute Gasteiger partial charge is 0.478 e. The summed E-state index contributed by atoms with van der Waals surface area (Å²) in [6.45, 7) is 2.77. The number of ether oxygens (including phenoxy) is 1. The van der Waals surface area contributed by atoms with Gasteiger partial charge in [-0.15, -0.1) is 0 Å². The molecule has 1 N–H and O–H groups in total. The SMILES string of the molecule is O=C(O)c1ccc(N2CC3(CCN(Cc4ccc(-c5ccc(F)c(F)c5)c(C5CC5)c4)CC3)OC2=O)cc1. The molecule has 8 heteroatoms. The van der Waals surface area contributed by atoms with E-state index in [2.05, 4.69) is 17.0 Å². The Bertz CT molecular complexity index is 1400. The Hall–Kier alpha value is -3.78. The summed E-state index contributed by atoms with van der Waals surface area (Å²) in [4.78, 5) is 27.7. The first-order valence-corrected chi connectivity index (χ1v) is 12.9. The van der Waals surface area contributed by atoms with Crippen molar-refractivity contribution in [3.8, 4) is 11.1 Å². The highest BCUT2D eigenvalue weighted by Crippen LogP contribution is 2.45. The fraction of sp³-hybridized carbons (Fsp3) is 0.333. The van der Waals surface area contributed by atoms with Gasteiger partial charge < -0.3 is 9.84 Å². The van der Waals surface area contributed by atoms with Crippen LogP contribution in [0.2, 0.25) is 0 Å². The zero-order valence-electron chi connectivity index (χ0n) is 20.8. The Morgan fingerprint density at radius 1 is 0.974 bits per heavy atom. The van der Waals surface area contributed by atoms with Gasteiger partial charge in [0.1, 0.15) is 5.60 Å². The van der Waals surface area contributed by atoms with Crippen LogP contribution in [0.1, 0.15) is 53.1 Å². The molecule has 0 aromatic heterocycles. The van der Waals surface area contributed by atoms with Gasteiger partial charge in [0.15, 0.2) is 11.6 Å². The number of hydrogen-bond donors (Lipinski definition) is 1. The quantitative estimate of drug-likeness (QED) is 0.421. The van der Waals surface area contributed by atoms with Crippen LogP contribution in [0.15, 0.2) is 60.7 Å². The number of carbonyl (C=O) groups is 2. The Balaban J connectivity index is 1.12. The van der Waals surface area contributed by atoms with Crippen LogP contribution in [0.25, 0.3) is 11.1 Å². The number of anilines is 1. The number of carboxylic acids is 1. The number of aromatic carboxylic acids is 1. The number of likely N-dealkylation sites (tertiary alicyclic amines) is 1. The van der Waals surface area contributed by atoms with Gasteiger partial charge >= 0.3 is 12.1 Å². The summed E-state index contributed by atoms with van der Waals surface area (Å²) in [5, 5.41) is 9.12. The maximum atomic E-state index is 13.9. The molecular weight excluding hydrogens is 490 g/mol. The lowest BCUT2D eigenvalue weighted by atomic mass is 9.90. The van der Waals surface area contributed by atoms with Gasteiger partial charge in [-0.05, 0) is 77.4 Å². The van der Waals surface area contributed by atoms with Crippen LogP contribution in [-0.4, -0.2) is 47.3 Å². The molecule has 3 aromatic rings. The molecule has 1 aliphatic carbocycles. The summed E-state index contributed by atoms with van der Waals surface area (Å²) in [6.07, 6.45) is 3.24. The number of amides is 1. The predicted octanol–water partition coefficient (Wildman–Crippen LogP) is 6.20. The van der Waals surface area contributed by atoms with Crippen molar-refractivity contribution in [2.24, 2.45) is 0 Å². The van der Waals surface area contributed by atoms with Crippen LogP contribution in [0.4, 0.5) is 19.3 Å². The summed E-state index contributed by atoms with van der Waals surface area (Å²) in [5.41, 5.74) is 4.29. The summed E-state index contributed by atoms with van der Waals surface area (Å²) < 4.78 is 33.2. The maximum absolute atomic E-state index is 13.9. The molecule has 0 radical (unpaired) electrons. The van der Waals surface area contributed by atoms with Gasteiger partial charge in [-0.25, -0.2) is 18.4 Å². The van der Waals surface area contributed by atoms with E-state index in [9.17, 15) is 18.4 Å². The molecule has 196 valence electrons. The fourth-order valence-electron chi connectivity index (χ4n) is 5.61. The highest BCUT2D eigenvalue weighted by Gasteiger charge is 2.47. The van der Waals surface area contributed by atoms with E-state index >= 15 is 0 Å². The van der Waals surface area contributed by atoms with Crippen LogP contribution >= 0.6 is 0 Å². The normalized spacial score (nSPS) is 19.1. The minimum Gasteiger partial charge on any atom is -0.478 e. The summed E-state index contributed by atoms with van der Waals surface area (Å²) >= 11 is 0. The second-order valence-electron chi connectivity index (χ2n) is 10.6. The second-order valence-corrected chi connectivity index (χ2v) is 10.6. The third-order valence-corrected chi connectivity index (χ3v) is 7.93. The van der Waals surface area contributed by atoms with Gasteiger partial charge in [0.25, 0.3) is 0 Å². The van der Waals surface area contributed by atoms with Gasteiger partial charge in [-0.1, -0.05) is 24.3 Å². The molecule has 6 nitrogen and oxygen atoms in total. The zero-order chi connectivity index (χ0) is 26.4. The van der Waals surface area contributed by atoms with Crippen molar-refractivity contribution in [1.82, 2.24) is 4.90 Å². The molecule has 2 saturated heterocycles. The number of rotatable bonds is 6. The fourth-order valence-corrected chi connectivity index (χ4v) is 5.61. The van der Waals surface area contributed by atoms with Crippen LogP contribution in [0, 0.1) is 11.6 Å². The van der Waals surface area contributed by atoms with E-state index in [4.69, 9.17) is 9.84 Å². The number of carboxylic acid groups (broad SMARTS) is 1. The molecule has 0 bridgehead atoms. The molecule has 1 saturated carbocycles. The van der Waals surface area contributed by atoms with Gasteiger partial charge in [-0.3, -0.25) is 9.80 Å². The number of halogens is 2. The minimum absolute atomic E-state index is 0.173. The van der Waals surface area contributed by atoms with Crippen LogP contribution < -0.4 is 4.90 Å². The van der Waals surface area contributed by atoms with Gasteiger partial charge in [0.2, 0.25) is 0 Å². The van der Waals surface area contributed by atoms with E-state index in [-0.39, 0.29) is 5.56 Å². The standard InChI is InChI=1S/C30H28F2N2O4/c31-26-10-6-22(16-27(26)32)24-9-1-19(15-25(24)20-2-3-20)17-33-13-11-30(12-14-33)18-34(29(37)38-30)23-7-4-21(5-8-23)28(35)36/h1,4-10,15-16,20H,2-3,11-14,17-18H2,(H,35,36). The summed E-state index contributed by atoms with van der Waals surface area (Å²) in [5.74, 6) is -2.23. The lowest BCUT2D eigenvalue weighted by molar-refractivity contribution is -0.000983. The summed E-state index contributed by atoms with van der Waals surface area (Å²) in [7, 11) is 0. The van der Waals surface area contributed by atoms with E-state index in [0.717, 1.165) is 38.0 Å². The molecule has 2 heterocycles. The van der Waals surface area contributed by atoms with Crippen molar-refractivity contribution in [2.75, 3.05) is 24.5 Å². The van der Waals surface area contributed by atoms with Crippen molar-refractivity contribution in [2.45, 2.75) is 43.7 Å². The van der Waals surface area contributed by atoms with Gasteiger partial charge in [0, 0.05) is 38.2 Å². The molecule has 38 heavy (non-hydrogen) atoms. The maximum Gasteiger partial charge on any atom is 0.415 e. The lowest BCUT2D eigenvalue weighted by Gasteiger charge is -2.37. The van der Waals surface area contributed by atoms with Crippen LogP contribution in [-0.2, 0) is 11.3 Å². The van der Waals surface area contributed by atoms with E-state index in [1.165, 1.54) is 35.4 Å². The molecule has 3 fully saturated rings. The molecule has 1 spiro atoms.